The highest BCUT2D eigenvalue weighted by atomic mass is 35.5. The summed E-state index contributed by atoms with van der Waals surface area (Å²) in [6, 6.07) is 8.95. The smallest absolute Gasteiger partial charge is 0.184 e. The molecule has 3 nitrogen and oxygen atoms in total. The SMILES string of the molecule is N=C(N)c1cc(Cl)ccc1Oc1cccc(Cl)c1F. The van der Waals surface area contributed by atoms with E-state index in [4.69, 9.17) is 39.1 Å². The van der Waals surface area contributed by atoms with Crippen molar-refractivity contribution < 1.29 is 9.13 Å². The van der Waals surface area contributed by atoms with Crippen LogP contribution in [0.4, 0.5) is 4.39 Å². The highest BCUT2D eigenvalue weighted by molar-refractivity contribution is 6.31. The van der Waals surface area contributed by atoms with Crippen LogP contribution < -0.4 is 10.5 Å². The lowest BCUT2D eigenvalue weighted by atomic mass is 10.2. The number of nitrogen functional groups attached to an aromatic ring is 1. The third-order valence-electron chi connectivity index (χ3n) is 2.37. The number of benzene rings is 2. The highest BCUT2D eigenvalue weighted by Crippen LogP contribution is 2.31. The quantitative estimate of drug-likeness (QED) is 0.659. The van der Waals surface area contributed by atoms with E-state index in [0.717, 1.165) is 0 Å². The van der Waals surface area contributed by atoms with E-state index in [9.17, 15) is 4.39 Å². The molecule has 6 heteroatoms. The molecule has 0 radical (unpaired) electrons. The maximum absolute atomic E-state index is 13.7. The van der Waals surface area contributed by atoms with Crippen LogP contribution in [0.25, 0.3) is 0 Å². The molecule has 0 heterocycles. The van der Waals surface area contributed by atoms with Gasteiger partial charge in [-0.2, -0.15) is 0 Å². The second-order valence-electron chi connectivity index (χ2n) is 3.71. The van der Waals surface area contributed by atoms with Crippen LogP contribution in [0.2, 0.25) is 10.0 Å². The van der Waals surface area contributed by atoms with Gasteiger partial charge in [0, 0.05) is 5.02 Å². The van der Waals surface area contributed by atoms with Gasteiger partial charge in [-0.15, -0.1) is 0 Å². The highest BCUT2D eigenvalue weighted by Gasteiger charge is 2.12. The van der Waals surface area contributed by atoms with Crippen LogP contribution in [-0.4, -0.2) is 5.84 Å². The summed E-state index contributed by atoms with van der Waals surface area (Å²) in [6.07, 6.45) is 0. The van der Waals surface area contributed by atoms with Crippen molar-refractivity contribution in [3.05, 3.63) is 57.8 Å². The van der Waals surface area contributed by atoms with E-state index in [1.54, 1.807) is 12.1 Å². The number of rotatable bonds is 3. The topological polar surface area (TPSA) is 59.1 Å². The average Bonchev–Trinajstić information content (AvgIpc) is 2.36. The Morgan fingerprint density at radius 1 is 1.16 bits per heavy atom. The molecule has 0 amide bonds. The number of nitrogens with one attached hydrogen (secondary N) is 1. The molecule has 2 aromatic carbocycles. The van der Waals surface area contributed by atoms with Crippen LogP contribution in [0.3, 0.4) is 0 Å². The molecule has 0 unspecified atom stereocenters. The van der Waals surface area contributed by atoms with Gasteiger partial charge in [0.25, 0.3) is 0 Å². The first-order valence-corrected chi connectivity index (χ1v) is 6.00. The first-order chi connectivity index (χ1) is 8.99. The van der Waals surface area contributed by atoms with Gasteiger partial charge in [-0.05, 0) is 30.3 Å². The number of hydrogen-bond donors (Lipinski definition) is 2. The molecule has 0 saturated carbocycles. The van der Waals surface area contributed by atoms with Crippen molar-refractivity contribution in [2.45, 2.75) is 0 Å². The van der Waals surface area contributed by atoms with Gasteiger partial charge in [0.2, 0.25) is 0 Å². The summed E-state index contributed by atoms with van der Waals surface area (Å²) in [4.78, 5) is 0. The fourth-order valence-corrected chi connectivity index (χ4v) is 1.82. The Balaban J connectivity index is 2.44. The number of amidine groups is 1. The van der Waals surface area contributed by atoms with E-state index in [1.165, 1.54) is 24.3 Å². The Hall–Kier alpha value is -1.78. The summed E-state index contributed by atoms with van der Waals surface area (Å²) in [7, 11) is 0. The van der Waals surface area contributed by atoms with Gasteiger partial charge in [-0.1, -0.05) is 29.3 Å². The lowest BCUT2D eigenvalue weighted by molar-refractivity contribution is 0.441. The molecule has 0 aliphatic rings. The zero-order valence-electron chi connectivity index (χ0n) is 9.58. The van der Waals surface area contributed by atoms with E-state index in [0.29, 0.717) is 5.02 Å². The summed E-state index contributed by atoms with van der Waals surface area (Å²) in [6.45, 7) is 0. The summed E-state index contributed by atoms with van der Waals surface area (Å²) < 4.78 is 19.1. The van der Waals surface area contributed by atoms with Gasteiger partial charge < -0.3 is 10.5 Å². The summed E-state index contributed by atoms with van der Waals surface area (Å²) in [5.74, 6) is -0.705. The van der Waals surface area contributed by atoms with Crippen LogP contribution in [0, 0.1) is 11.2 Å². The molecule has 19 heavy (non-hydrogen) atoms. The van der Waals surface area contributed by atoms with Gasteiger partial charge in [0.1, 0.15) is 11.6 Å². The number of ether oxygens (including phenoxy) is 1. The molecule has 0 saturated heterocycles. The van der Waals surface area contributed by atoms with E-state index < -0.39 is 5.82 Å². The third kappa shape index (κ3) is 2.97. The standard InChI is InChI=1S/C13H9Cl2FN2O/c14-7-4-5-10(8(6-7)13(17)18)19-11-3-1-2-9(15)12(11)16/h1-6H,(H3,17,18). The number of hydrogen-bond acceptors (Lipinski definition) is 2. The molecule has 0 spiro atoms. The minimum absolute atomic E-state index is 0.0441. The van der Waals surface area contributed by atoms with Gasteiger partial charge in [-0.25, -0.2) is 4.39 Å². The van der Waals surface area contributed by atoms with Crippen LogP contribution in [-0.2, 0) is 0 Å². The molecule has 0 aliphatic carbocycles. The van der Waals surface area contributed by atoms with Crippen LogP contribution in [0.15, 0.2) is 36.4 Å². The molecule has 0 atom stereocenters. The Kier molecular flexibility index (Phi) is 3.93. The second kappa shape index (κ2) is 5.47. The molecule has 0 fully saturated rings. The lowest BCUT2D eigenvalue weighted by Crippen LogP contribution is -2.12. The van der Waals surface area contributed by atoms with Crippen molar-refractivity contribution in [3.63, 3.8) is 0 Å². The molecular formula is C13H9Cl2FN2O. The Morgan fingerprint density at radius 2 is 1.89 bits per heavy atom. The van der Waals surface area contributed by atoms with Crippen molar-refractivity contribution in [3.8, 4) is 11.5 Å². The van der Waals surface area contributed by atoms with Gasteiger partial charge in [0.15, 0.2) is 11.6 Å². The van der Waals surface area contributed by atoms with Crippen molar-refractivity contribution in [2.24, 2.45) is 5.73 Å². The van der Waals surface area contributed by atoms with Crippen LogP contribution in [0.5, 0.6) is 11.5 Å². The molecule has 98 valence electrons. The first kappa shape index (κ1) is 13.6. The Bertz CT molecular complexity index is 647. The van der Waals surface area contributed by atoms with E-state index in [-0.39, 0.29) is 27.9 Å². The Labute approximate surface area is 119 Å². The average molecular weight is 299 g/mol. The number of nitrogens with two attached hydrogens (primary N) is 1. The molecular weight excluding hydrogens is 290 g/mol. The Morgan fingerprint density at radius 3 is 2.58 bits per heavy atom. The van der Waals surface area contributed by atoms with Crippen LogP contribution >= 0.6 is 23.2 Å². The van der Waals surface area contributed by atoms with Crippen molar-refractivity contribution >= 4 is 29.0 Å². The molecule has 0 aliphatic heterocycles. The lowest BCUT2D eigenvalue weighted by Gasteiger charge is -2.11. The van der Waals surface area contributed by atoms with E-state index in [2.05, 4.69) is 0 Å². The van der Waals surface area contributed by atoms with Gasteiger partial charge >= 0.3 is 0 Å². The van der Waals surface area contributed by atoms with Crippen molar-refractivity contribution in [1.82, 2.24) is 0 Å². The van der Waals surface area contributed by atoms with Gasteiger partial charge in [0.05, 0.1) is 10.6 Å². The largest absolute Gasteiger partial charge is 0.453 e. The summed E-state index contributed by atoms with van der Waals surface area (Å²) in [5.41, 5.74) is 5.71. The fraction of sp³-hybridized carbons (Fsp3) is 0. The predicted octanol–water partition coefficient (Wildman–Crippen LogP) is 4.21. The van der Waals surface area contributed by atoms with Crippen LogP contribution in [0.1, 0.15) is 5.56 Å². The minimum atomic E-state index is -0.673. The van der Waals surface area contributed by atoms with E-state index in [1.807, 2.05) is 0 Å². The zero-order chi connectivity index (χ0) is 14.0. The monoisotopic (exact) mass is 298 g/mol. The first-order valence-electron chi connectivity index (χ1n) is 5.25. The normalized spacial score (nSPS) is 10.3. The maximum Gasteiger partial charge on any atom is 0.184 e. The molecule has 2 rings (SSSR count). The fourth-order valence-electron chi connectivity index (χ4n) is 1.48. The molecule has 2 aromatic rings. The van der Waals surface area contributed by atoms with E-state index >= 15 is 0 Å². The van der Waals surface area contributed by atoms with Crippen molar-refractivity contribution in [2.75, 3.05) is 0 Å². The second-order valence-corrected chi connectivity index (χ2v) is 4.55. The zero-order valence-corrected chi connectivity index (χ0v) is 11.1. The molecule has 0 aromatic heterocycles. The molecule has 3 N–H and O–H groups in total. The maximum atomic E-state index is 13.7. The third-order valence-corrected chi connectivity index (χ3v) is 2.89. The summed E-state index contributed by atoms with van der Waals surface area (Å²) >= 11 is 11.5. The van der Waals surface area contributed by atoms with Crippen molar-refractivity contribution in [1.29, 1.82) is 5.41 Å². The predicted molar refractivity (Wildman–Crippen MR) is 74.0 cm³/mol. The van der Waals surface area contributed by atoms with Gasteiger partial charge in [-0.3, -0.25) is 5.41 Å². The molecule has 0 bridgehead atoms. The summed E-state index contributed by atoms with van der Waals surface area (Å²) in [5, 5.41) is 7.82. The minimum Gasteiger partial charge on any atom is -0.453 e. The number of halogens is 3.